The standard InChI is InChI=1S/C15H13N3O3S2/c1-8(10-7-22-11-5-3-2-4-9(10)11)17-18-15-16-14(21)12(23-15)6-13(19)20/h2-5,7,12H,6H2,1H3,(H,19,20)(H,16,18,21)/p-1/b17-8-/t12-/m0/s1. The Kier molecular flexibility index (Phi) is 4.44. The smallest absolute Gasteiger partial charge is 0.239 e. The molecule has 6 nitrogen and oxygen atoms in total. The van der Waals surface area contributed by atoms with Crippen LogP contribution in [0.5, 0.6) is 0 Å². The maximum Gasteiger partial charge on any atom is 0.239 e. The summed E-state index contributed by atoms with van der Waals surface area (Å²) in [6, 6.07) is 8.02. The molecule has 8 heteroatoms. The van der Waals surface area contributed by atoms with Crippen molar-refractivity contribution in [2.24, 2.45) is 10.2 Å². The zero-order valence-corrected chi connectivity index (χ0v) is 13.7. The maximum atomic E-state index is 11.6. The van der Waals surface area contributed by atoms with Gasteiger partial charge in [-0.1, -0.05) is 30.0 Å². The number of hydrogen-bond donors (Lipinski definition) is 1. The molecule has 3 rings (SSSR count). The van der Waals surface area contributed by atoms with Crippen LogP contribution in [-0.2, 0) is 9.59 Å². The monoisotopic (exact) mass is 346 g/mol. The number of thiophene rings is 1. The van der Waals surface area contributed by atoms with Crippen LogP contribution >= 0.6 is 23.1 Å². The molecule has 1 atom stereocenters. The number of carboxylic acids is 1. The fourth-order valence-electron chi connectivity index (χ4n) is 2.17. The van der Waals surface area contributed by atoms with E-state index < -0.39 is 11.2 Å². The third kappa shape index (κ3) is 3.43. The van der Waals surface area contributed by atoms with Crippen LogP contribution in [0.1, 0.15) is 18.9 Å². The summed E-state index contributed by atoms with van der Waals surface area (Å²) in [5, 5.41) is 24.0. The maximum absolute atomic E-state index is 11.6. The minimum Gasteiger partial charge on any atom is -0.550 e. The Morgan fingerprint density at radius 3 is 2.96 bits per heavy atom. The largest absolute Gasteiger partial charge is 0.550 e. The van der Waals surface area contributed by atoms with Crippen molar-refractivity contribution in [1.29, 1.82) is 0 Å². The van der Waals surface area contributed by atoms with Crippen molar-refractivity contribution in [3.8, 4) is 0 Å². The molecule has 1 aliphatic heterocycles. The molecule has 1 N–H and O–H groups in total. The van der Waals surface area contributed by atoms with Crippen molar-refractivity contribution < 1.29 is 14.7 Å². The van der Waals surface area contributed by atoms with Gasteiger partial charge in [-0.25, -0.2) is 0 Å². The molecule has 1 aliphatic rings. The summed E-state index contributed by atoms with van der Waals surface area (Å²) in [7, 11) is 0. The Morgan fingerprint density at radius 1 is 1.39 bits per heavy atom. The molecule has 0 saturated carbocycles. The minimum atomic E-state index is -1.26. The lowest BCUT2D eigenvalue weighted by atomic mass is 10.1. The second-order valence-electron chi connectivity index (χ2n) is 4.91. The molecule has 2 heterocycles. The second-order valence-corrected chi connectivity index (χ2v) is 7.01. The highest BCUT2D eigenvalue weighted by Gasteiger charge is 2.30. The summed E-state index contributed by atoms with van der Waals surface area (Å²) in [4.78, 5) is 22.2. The van der Waals surface area contributed by atoms with Gasteiger partial charge in [-0.2, -0.15) is 5.10 Å². The highest BCUT2D eigenvalue weighted by Crippen LogP contribution is 2.26. The van der Waals surface area contributed by atoms with E-state index in [4.69, 9.17) is 0 Å². The molecule has 0 radical (unpaired) electrons. The van der Waals surface area contributed by atoms with E-state index >= 15 is 0 Å². The van der Waals surface area contributed by atoms with E-state index in [9.17, 15) is 14.7 Å². The topological polar surface area (TPSA) is 94.0 Å². The summed E-state index contributed by atoms with van der Waals surface area (Å²) in [5.74, 6) is -1.64. The third-order valence-corrected chi connectivity index (χ3v) is 5.33. The number of rotatable bonds is 4. The molecule has 1 saturated heterocycles. The van der Waals surface area contributed by atoms with E-state index in [1.807, 2.05) is 36.6 Å². The zero-order valence-electron chi connectivity index (χ0n) is 12.1. The van der Waals surface area contributed by atoms with Crippen molar-refractivity contribution in [2.45, 2.75) is 18.6 Å². The first-order valence-electron chi connectivity index (χ1n) is 6.81. The molecule has 0 bridgehead atoms. The molecular formula is C15H12N3O3S2-. The van der Waals surface area contributed by atoms with Crippen molar-refractivity contribution in [3.63, 3.8) is 0 Å². The zero-order chi connectivity index (χ0) is 16.4. The summed E-state index contributed by atoms with van der Waals surface area (Å²) in [6.45, 7) is 1.85. The first kappa shape index (κ1) is 15.7. The van der Waals surface area contributed by atoms with Gasteiger partial charge in [0.15, 0.2) is 5.17 Å². The van der Waals surface area contributed by atoms with Gasteiger partial charge < -0.3 is 15.2 Å². The fraction of sp³-hybridized carbons (Fsp3) is 0.200. The number of aliphatic carboxylic acids is 1. The molecule has 0 spiro atoms. The fourth-order valence-corrected chi connectivity index (χ4v) is 4.08. The number of carbonyl (C=O) groups is 2. The second kappa shape index (κ2) is 6.51. The molecule has 1 aromatic heterocycles. The lowest BCUT2D eigenvalue weighted by molar-refractivity contribution is -0.305. The lowest BCUT2D eigenvalue weighted by Gasteiger charge is -2.04. The van der Waals surface area contributed by atoms with E-state index in [2.05, 4.69) is 15.5 Å². The van der Waals surface area contributed by atoms with E-state index in [0.29, 0.717) is 5.17 Å². The lowest BCUT2D eigenvalue weighted by Crippen LogP contribution is -2.31. The number of amides is 1. The number of benzene rings is 1. The molecule has 1 fully saturated rings. The van der Waals surface area contributed by atoms with Crippen LogP contribution in [0.25, 0.3) is 10.1 Å². The van der Waals surface area contributed by atoms with Gasteiger partial charge in [0.1, 0.15) is 0 Å². The molecule has 1 aromatic carbocycles. The van der Waals surface area contributed by atoms with Crippen LogP contribution in [0.4, 0.5) is 0 Å². The van der Waals surface area contributed by atoms with Crippen LogP contribution in [0.15, 0.2) is 39.8 Å². The average Bonchev–Trinajstić information content (AvgIpc) is 3.08. The number of thioether (sulfide) groups is 1. The van der Waals surface area contributed by atoms with Crippen LogP contribution in [0.2, 0.25) is 0 Å². The average molecular weight is 346 g/mol. The molecular weight excluding hydrogens is 334 g/mol. The first-order valence-corrected chi connectivity index (χ1v) is 8.57. The number of carbonyl (C=O) groups excluding carboxylic acids is 2. The molecule has 1 amide bonds. The summed E-state index contributed by atoms with van der Waals surface area (Å²) in [5.41, 5.74) is 1.73. The number of nitrogens with one attached hydrogen (secondary N) is 1. The quantitative estimate of drug-likeness (QED) is 0.668. The normalized spacial score (nSPS) is 20.2. The summed E-state index contributed by atoms with van der Waals surface area (Å²) in [6.07, 6.45) is -0.340. The van der Waals surface area contributed by atoms with E-state index in [0.717, 1.165) is 28.4 Å². The van der Waals surface area contributed by atoms with Gasteiger partial charge in [-0.15, -0.1) is 16.4 Å². The number of carboxylic acid groups (broad SMARTS) is 1. The van der Waals surface area contributed by atoms with Gasteiger partial charge in [0, 0.05) is 33.4 Å². The third-order valence-electron chi connectivity index (χ3n) is 3.29. The van der Waals surface area contributed by atoms with Crippen LogP contribution in [-0.4, -0.2) is 28.0 Å². The number of amidine groups is 1. The number of hydrogen-bond acceptors (Lipinski definition) is 7. The van der Waals surface area contributed by atoms with Crippen molar-refractivity contribution in [1.82, 2.24) is 5.32 Å². The Bertz CT molecular complexity index is 841. The van der Waals surface area contributed by atoms with Crippen LogP contribution in [0, 0.1) is 0 Å². The summed E-state index contributed by atoms with van der Waals surface area (Å²) >= 11 is 2.69. The van der Waals surface area contributed by atoms with E-state index in [1.165, 1.54) is 4.70 Å². The number of nitrogens with zero attached hydrogens (tertiary/aromatic N) is 2. The van der Waals surface area contributed by atoms with Gasteiger partial charge in [0.05, 0.1) is 11.0 Å². The van der Waals surface area contributed by atoms with Crippen LogP contribution < -0.4 is 10.4 Å². The highest BCUT2D eigenvalue weighted by atomic mass is 32.2. The minimum absolute atomic E-state index is 0.306. The first-order chi connectivity index (χ1) is 11.0. The van der Waals surface area contributed by atoms with Crippen molar-refractivity contribution >= 4 is 55.9 Å². The number of fused-ring (bicyclic) bond motifs is 1. The Labute approximate surface area is 140 Å². The van der Waals surface area contributed by atoms with Gasteiger partial charge in [0.25, 0.3) is 0 Å². The van der Waals surface area contributed by atoms with Gasteiger partial charge in [-0.05, 0) is 13.0 Å². The van der Waals surface area contributed by atoms with E-state index in [-0.39, 0.29) is 12.3 Å². The Hall–Kier alpha value is -2.19. The van der Waals surface area contributed by atoms with Gasteiger partial charge >= 0.3 is 0 Å². The predicted molar refractivity (Wildman–Crippen MR) is 90.6 cm³/mol. The summed E-state index contributed by atoms with van der Waals surface area (Å²) < 4.78 is 1.17. The Balaban J connectivity index is 1.79. The molecule has 23 heavy (non-hydrogen) atoms. The van der Waals surface area contributed by atoms with E-state index in [1.54, 1.807) is 11.3 Å². The van der Waals surface area contributed by atoms with Crippen LogP contribution in [0.3, 0.4) is 0 Å². The molecule has 0 aliphatic carbocycles. The van der Waals surface area contributed by atoms with Gasteiger partial charge in [0.2, 0.25) is 5.91 Å². The van der Waals surface area contributed by atoms with Crippen molar-refractivity contribution in [2.75, 3.05) is 0 Å². The molecule has 2 aromatic rings. The van der Waals surface area contributed by atoms with Crippen molar-refractivity contribution in [3.05, 3.63) is 35.2 Å². The van der Waals surface area contributed by atoms with Gasteiger partial charge in [-0.3, -0.25) is 4.79 Å². The highest BCUT2D eigenvalue weighted by molar-refractivity contribution is 8.15. The molecule has 0 unspecified atom stereocenters. The molecule has 118 valence electrons. The Morgan fingerprint density at radius 2 is 2.17 bits per heavy atom. The predicted octanol–water partition coefficient (Wildman–Crippen LogP) is 1.35. The SMILES string of the molecule is C/C(=N/N=C1/NC(=O)[C@H](CC(=O)[O-])S1)c1csc2ccccc12.